The van der Waals surface area contributed by atoms with E-state index in [4.69, 9.17) is 17.8 Å². The Hall–Kier alpha value is -2.54. The maximum absolute atomic E-state index is 5.92. The summed E-state index contributed by atoms with van der Waals surface area (Å²) in [7, 11) is 0. The molecule has 10 saturated carbocycles. The third-order valence-corrected chi connectivity index (χ3v) is 46.5. The van der Waals surface area contributed by atoms with Crippen LogP contribution in [0.4, 0.5) is 0 Å². The van der Waals surface area contributed by atoms with Gasteiger partial charge in [0.05, 0.1) is 45.4 Å². The summed E-state index contributed by atoms with van der Waals surface area (Å²) in [4.78, 5) is 11.7. The maximum atomic E-state index is 5.92. The van der Waals surface area contributed by atoms with E-state index >= 15 is 0 Å². The second-order valence-electron chi connectivity index (χ2n) is 49.8. The molecule has 20 aliphatic carbocycles. The van der Waals surface area contributed by atoms with Crippen molar-refractivity contribution in [3.8, 4) is 0 Å². The van der Waals surface area contributed by atoms with Crippen molar-refractivity contribution in [1.82, 2.24) is 32.9 Å². The molecule has 733 valence electrons. The van der Waals surface area contributed by atoms with Crippen molar-refractivity contribution in [2.24, 2.45) is 143 Å². The average Bonchev–Trinajstić information content (AvgIpc) is 1.32. The number of oxazole rings is 1. The van der Waals surface area contributed by atoms with Gasteiger partial charge in [0.15, 0.2) is 10.7 Å². The van der Waals surface area contributed by atoms with Crippen molar-refractivity contribution in [3.63, 3.8) is 0 Å². The second-order valence-corrected chi connectivity index (χ2v) is 51.5. The van der Waals surface area contributed by atoms with Gasteiger partial charge in [0, 0.05) is 204 Å². The van der Waals surface area contributed by atoms with Crippen LogP contribution in [-0.2, 0) is 164 Å². The topological polar surface area (TPSA) is 104 Å². The van der Waals surface area contributed by atoms with Crippen LogP contribution in [0.2, 0.25) is 0 Å². The molecule has 25 atom stereocenters. The molecule has 5 radical (unpaired) electrons. The fourth-order valence-electron chi connectivity index (χ4n) is 37.2. The number of hydrogen-bond donors (Lipinski definition) is 0. The zero-order valence-electron chi connectivity index (χ0n) is 86.5. The molecule has 10 aromatic rings. The summed E-state index contributed by atoms with van der Waals surface area (Å²) >= 11 is 3.47. The van der Waals surface area contributed by atoms with Crippen LogP contribution in [0.1, 0.15) is 322 Å². The monoisotopic (exact) mass is 2300 g/mol. The standard InChI is InChI=1S/C26H30NO.C26H30NS.C25H30NO.C24H29N2O.C24H29N2S.5Y/c2*1-25-15-6-5-7-17(25)10-11-18-20-12-13-22(26(20,2)16-14-21(18)25)24-19-8-3-4-9-23(19)27-28-24;1-24-14-4-3-5-17(24)6-8-19-20-9-10-22(25(20,2)15-12-21(19)24)23-11-7-18-13-16-27-26(18)23;2*1-23-11-4-3-5-16(23)6-7-17-18-8-9-20(24(18,2)12-10-19(17)23)21-15-25-22-26(21)13-14-27-22;;;;;/h2*3-5,8-10,13,18,20-21H,6-7,11-12,14-16H2,1-2H3;3,6-7,10-11,13,16,19-21H,4-5,8-9,12,14-15H2,1-2H3;2*3,6,9,13-15,17-19H,4-5,7-8,10-12H2,1-2H3;;;;;/q5*-1;;;;;/t2*18?,20?,21?,25-,26-;19?,20?,21?,24-,25-;2*17?,18?,19?,23-,24-;;;;;/m00000...../s1. The van der Waals surface area contributed by atoms with Gasteiger partial charge in [0.2, 0.25) is 0 Å². The van der Waals surface area contributed by atoms with Gasteiger partial charge < -0.3 is 45.6 Å². The first-order chi connectivity index (χ1) is 66.6. The van der Waals surface area contributed by atoms with E-state index in [1.54, 1.807) is 74.4 Å². The smallest absolute Gasteiger partial charge is 0.306 e. The minimum absolute atomic E-state index is 0. The molecular formula is C125H148N7O3S2Y5-5. The van der Waals surface area contributed by atoms with Crippen LogP contribution in [0.5, 0.6) is 0 Å². The Kier molecular flexibility index (Phi) is 29.9. The number of aromatic nitrogens is 7. The van der Waals surface area contributed by atoms with Gasteiger partial charge in [-0.25, -0.2) is 9.97 Å². The maximum Gasteiger partial charge on any atom is 0.306 e. The predicted octanol–water partition coefficient (Wildman–Crippen LogP) is 33.8. The Labute approximate surface area is 981 Å². The summed E-state index contributed by atoms with van der Waals surface area (Å²) in [6, 6.07) is 23.6. The van der Waals surface area contributed by atoms with Crippen molar-refractivity contribution in [1.29, 1.82) is 0 Å². The molecule has 10 nitrogen and oxygen atoms in total. The molecule has 17 heteroatoms. The van der Waals surface area contributed by atoms with Crippen molar-refractivity contribution >= 4 is 88.9 Å². The van der Waals surface area contributed by atoms with Crippen LogP contribution in [0.25, 0.3) is 66.0 Å². The molecule has 2 aromatic carbocycles. The van der Waals surface area contributed by atoms with Crippen molar-refractivity contribution in [2.45, 2.75) is 294 Å². The predicted molar refractivity (Wildman–Crippen MR) is 561 cm³/mol. The number of allylic oxidation sites excluding steroid dienone is 20. The van der Waals surface area contributed by atoms with Crippen LogP contribution in [0.15, 0.2) is 212 Å². The molecule has 30 rings (SSSR count). The van der Waals surface area contributed by atoms with E-state index < -0.39 is 0 Å². The fourth-order valence-corrected chi connectivity index (χ4v) is 38.9. The Bertz CT molecular complexity index is 6220. The quantitative estimate of drug-likeness (QED) is 0.125. The molecule has 142 heavy (non-hydrogen) atoms. The van der Waals surface area contributed by atoms with E-state index in [0.29, 0.717) is 49.2 Å². The molecule has 0 saturated heterocycles. The molecule has 0 aliphatic heterocycles. The first-order valence-corrected chi connectivity index (χ1v) is 56.4. The largest absolute Gasteiger partial charge is 0.432 e. The number of benzene rings is 2. The minimum atomic E-state index is 0. The summed E-state index contributed by atoms with van der Waals surface area (Å²) in [6.07, 6.45) is 96.2. The van der Waals surface area contributed by atoms with Crippen LogP contribution < -0.4 is 0 Å². The van der Waals surface area contributed by atoms with E-state index in [2.05, 4.69) is 264 Å². The summed E-state index contributed by atoms with van der Waals surface area (Å²) in [5, 5.41) is 9.05. The van der Waals surface area contributed by atoms with Gasteiger partial charge in [0.25, 0.3) is 0 Å². The molecule has 10 fully saturated rings. The Morgan fingerprint density at radius 2 is 0.725 bits per heavy atom. The van der Waals surface area contributed by atoms with Crippen LogP contribution in [0, 0.1) is 175 Å². The molecule has 0 bridgehead atoms. The summed E-state index contributed by atoms with van der Waals surface area (Å²) in [5.41, 5.74) is 27.4. The number of fused-ring (bicyclic) bond motifs is 30. The van der Waals surface area contributed by atoms with Gasteiger partial charge in [-0.1, -0.05) is 225 Å². The van der Waals surface area contributed by atoms with E-state index in [9.17, 15) is 0 Å². The SMILES string of the molecule is C[C@]12CC[CH-]CC1=CCC1C2CC[C@]2(C)C(c3ccc4ccon34)=CCC12.C[C@]12CC[CH-]CC1=CCC1C2CC[C@]2(C)C(c3cnc4occn34)=CCC12.C[C@]12CC[CH-]CC1=CCC1C2CC[C@]2(C)C(c3cnc4sccn34)=CCC12.C[C@]12CC[CH-]CC1=CCC1C2CC[C@]2(C)C(c3onc4ccccc34)=CCC12.C[C@]12CC[CH-]CC1=CCC1C2CC[C@]2(C)C(c3snc4ccccc34)=CCC12.[Y].[Y].[Y].[Y].[Y]. The van der Waals surface area contributed by atoms with Gasteiger partial charge in [0.1, 0.15) is 18.0 Å². The summed E-state index contributed by atoms with van der Waals surface area (Å²) < 4.78 is 28.4. The average molecular weight is 2310 g/mol. The molecule has 0 N–H and O–H groups in total. The number of rotatable bonds is 5. The van der Waals surface area contributed by atoms with E-state index in [0.717, 1.165) is 105 Å². The van der Waals surface area contributed by atoms with Crippen LogP contribution in [-0.4, -0.2) is 32.9 Å². The van der Waals surface area contributed by atoms with Crippen molar-refractivity contribution < 1.29 is 177 Å². The number of hydrogen-bond acceptors (Lipinski definition) is 9. The molecule has 0 amide bonds. The van der Waals surface area contributed by atoms with Gasteiger partial charge in [-0.2, -0.15) is 73.2 Å². The molecule has 20 aliphatic rings. The summed E-state index contributed by atoms with van der Waals surface area (Å²) in [5.74, 6) is 14.3. The third-order valence-electron chi connectivity index (χ3n) is 44.8. The number of thiazole rings is 1. The first-order valence-electron chi connectivity index (χ1n) is 54.7. The van der Waals surface area contributed by atoms with Gasteiger partial charge in [-0.3, -0.25) is 8.80 Å². The third kappa shape index (κ3) is 16.5. The zero-order chi connectivity index (χ0) is 92.5. The van der Waals surface area contributed by atoms with E-state index in [1.807, 2.05) is 23.0 Å². The van der Waals surface area contributed by atoms with Crippen LogP contribution in [0.3, 0.4) is 0 Å². The molecule has 15 unspecified atom stereocenters. The molecular weight excluding hydrogens is 2160 g/mol. The number of imidazole rings is 2. The molecule has 8 heterocycles. The van der Waals surface area contributed by atoms with Crippen molar-refractivity contribution in [2.75, 3.05) is 0 Å². The van der Waals surface area contributed by atoms with Crippen LogP contribution >= 0.6 is 22.9 Å². The Balaban J connectivity index is 0.000000104. The Morgan fingerprint density at radius 3 is 1.18 bits per heavy atom. The summed E-state index contributed by atoms with van der Waals surface area (Å²) in [6.45, 7) is 25.7. The molecule has 0 spiro atoms. The number of nitrogens with zero attached hydrogens (tertiary/aromatic N) is 7. The van der Waals surface area contributed by atoms with Gasteiger partial charge >= 0.3 is 5.84 Å². The van der Waals surface area contributed by atoms with E-state index in [-0.39, 0.29) is 174 Å². The first kappa shape index (κ1) is 105. The Morgan fingerprint density at radius 1 is 0.345 bits per heavy atom. The fraction of sp³-hybridized carbons (Fsp3) is 0.560. The molecule has 8 aromatic heterocycles. The van der Waals surface area contributed by atoms with Crippen molar-refractivity contribution in [3.05, 3.63) is 258 Å². The van der Waals surface area contributed by atoms with Gasteiger partial charge in [-0.05, 0) is 335 Å². The zero-order valence-corrected chi connectivity index (χ0v) is 102. The normalized spacial score (nSPS) is 39.0. The van der Waals surface area contributed by atoms with E-state index in [1.165, 1.54) is 285 Å². The minimum Gasteiger partial charge on any atom is -0.432 e. The van der Waals surface area contributed by atoms with Gasteiger partial charge in [-0.15, -0.1) is 11.3 Å². The second kappa shape index (κ2) is 40.4.